The highest BCUT2D eigenvalue weighted by molar-refractivity contribution is 7.90. The third-order valence-corrected chi connectivity index (χ3v) is 8.20. The standard InChI is InChI=1S/C25H26N2O4S/c1-16-9-10-18-7-4-8-22(23(18)26-16)32(29,30)27-24(28)25(13-14-25)20-15-19(17-5-3-6-17)11-12-21(20)31-2/h4,7-12,15,17H,3,5-6,13-14H2,1-2H3,(H,27,28). The molecule has 2 aliphatic carbocycles. The SMILES string of the molecule is COc1ccc(C2CCC2)cc1C1(C(=O)NS(=O)(=O)c2cccc3ccc(C)nc23)CC1. The lowest BCUT2D eigenvalue weighted by Crippen LogP contribution is -2.39. The molecule has 1 heterocycles. The number of carbonyl (C=O) groups is 1. The third kappa shape index (κ3) is 3.45. The minimum Gasteiger partial charge on any atom is -0.496 e. The van der Waals surface area contributed by atoms with Crippen molar-refractivity contribution in [2.75, 3.05) is 7.11 Å². The number of rotatable bonds is 6. The van der Waals surface area contributed by atoms with E-state index < -0.39 is 21.3 Å². The van der Waals surface area contributed by atoms with Gasteiger partial charge in [-0.3, -0.25) is 9.78 Å². The second-order valence-corrected chi connectivity index (χ2v) is 10.5. The molecular formula is C25H26N2O4S. The van der Waals surface area contributed by atoms with Gasteiger partial charge in [-0.1, -0.05) is 36.8 Å². The molecule has 1 amide bonds. The smallest absolute Gasteiger partial charge is 0.266 e. The maximum absolute atomic E-state index is 13.4. The Morgan fingerprint density at radius 1 is 1.12 bits per heavy atom. The molecule has 0 radical (unpaired) electrons. The predicted molar refractivity (Wildman–Crippen MR) is 122 cm³/mol. The van der Waals surface area contributed by atoms with Crippen molar-refractivity contribution in [2.45, 2.75) is 55.3 Å². The van der Waals surface area contributed by atoms with Crippen molar-refractivity contribution in [3.05, 3.63) is 65.4 Å². The van der Waals surface area contributed by atoms with Crippen molar-refractivity contribution in [1.82, 2.24) is 9.71 Å². The fourth-order valence-corrected chi connectivity index (χ4v) is 5.77. The van der Waals surface area contributed by atoms with Gasteiger partial charge in [-0.2, -0.15) is 0 Å². The van der Waals surface area contributed by atoms with Crippen LogP contribution in [0.25, 0.3) is 10.9 Å². The number of methoxy groups -OCH3 is 1. The number of fused-ring (bicyclic) bond motifs is 1. The molecule has 2 aliphatic rings. The van der Waals surface area contributed by atoms with Crippen LogP contribution in [0.3, 0.4) is 0 Å². The molecule has 0 bridgehead atoms. The monoisotopic (exact) mass is 450 g/mol. The summed E-state index contributed by atoms with van der Waals surface area (Å²) in [6, 6.07) is 14.6. The van der Waals surface area contributed by atoms with Crippen molar-refractivity contribution in [3.63, 3.8) is 0 Å². The molecule has 1 N–H and O–H groups in total. The first-order chi connectivity index (χ1) is 15.3. The summed E-state index contributed by atoms with van der Waals surface area (Å²) in [4.78, 5) is 17.8. The zero-order chi connectivity index (χ0) is 22.5. The Hall–Kier alpha value is -2.93. The van der Waals surface area contributed by atoms with E-state index in [-0.39, 0.29) is 4.90 Å². The quantitative estimate of drug-likeness (QED) is 0.603. The molecule has 3 aromatic rings. The highest BCUT2D eigenvalue weighted by atomic mass is 32.2. The maximum Gasteiger partial charge on any atom is 0.266 e. The maximum atomic E-state index is 13.4. The first-order valence-corrected chi connectivity index (χ1v) is 12.4. The Balaban J connectivity index is 1.50. The second-order valence-electron chi connectivity index (χ2n) is 8.88. The van der Waals surface area contributed by atoms with Crippen LogP contribution >= 0.6 is 0 Å². The first kappa shape index (κ1) is 20.9. The summed E-state index contributed by atoms with van der Waals surface area (Å²) in [6.07, 6.45) is 4.69. The number of carbonyl (C=O) groups excluding carboxylic acids is 1. The number of para-hydroxylation sites is 1. The number of pyridine rings is 1. The number of sulfonamides is 1. The number of aryl methyl sites for hydroxylation is 1. The number of nitrogens with zero attached hydrogens (tertiary/aromatic N) is 1. The minimum absolute atomic E-state index is 0.0121. The third-order valence-electron chi connectivity index (χ3n) is 6.84. The van der Waals surface area contributed by atoms with E-state index in [0.29, 0.717) is 41.1 Å². The lowest BCUT2D eigenvalue weighted by molar-refractivity contribution is -0.121. The average Bonchev–Trinajstić information content (AvgIpc) is 3.53. The Labute approximate surface area is 188 Å². The highest BCUT2D eigenvalue weighted by Crippen LogP contribution is 2.53. The van der Waals surface area contributed by atoms with E-state index in [1.54, 1.807) is 13.2 Å². The zero-order valence-electron chi connectivity index (χ0n) is 18.2. The van der Waals surface area contributed by atoms with Crippen LogP contribution in [0, 0.1) is 6.92 Å². The van der Waals surface area contributed by atoms with Crippen LogP contribution < -0.4 is 9.46 Å². The number of amides is 1. The van der Waals surface area contributed by atoms with Gasteiger partial charge in [0, 0.05) is 16.6 Å². The van der Waals surface area contributed by atoms with Gasteiger partial charge < -0.3 is 4.74 Å². The Kier molecular flexibility index (Phi) is 4.97. The van der Waals surface area contributed by atoms with Gasteiger partial charge in [0.05, 0.1) is 18.0 Å². The van der Waals surface area contributed by atoms with E-state index in [2.05, 4.69) is 15.8 Å². The van der Waals surface area contributed by atoms with Gasteiger partial charge in [0.15, 0.2) is 0 Å². The van der Waals surface area contributed by atoms with Crippen molar-refractivity contribution in [2.24, 2.45) is 0 Å². The normalized spacial score (nSPS) is 17.6. The first-order valence-electron chi connectivity index (χ1n) is 11.0. The van der Waals surface area contributed by atoms with E-state index in [1.807, 2.05) is 37.3 Å². The van der Waals surface area contributed by atoms with E-state index >= 15 is 0 Å². The van der Waals surface area contributed by atoms with Gasteiger partial charge in [-0.05, 0) is 62.3 Å². The summed E-state index contributed by atoms with van der Waals surface area (Å²) in [5.41, 5.74) is 2.17. The Morgan fingerprint density at radius 3 is 2.56 bits per heavy atom. The lowest BCUT2D eigenvalue weighted by atomic mass is 9.78. The van der Waals surface area contributed by atoms with Crippen molar-refractivity contribution >= 4 is 26.8 Å². The largest absolute Gasteiger partial charge is 0.496 e. The van der Waals surface area contributed by atoms with Gasteiger partial charge in [-0.15, -0.1) is 0 Å². The summed E-state index contributed by atoms with van der Waals surface area (Å²) in [5.74, 6) is 0.624. The van der Waals surface area contributed by atoms with E-state index in [0.717, 1.165) is 18.4 Å². The van der Waals surface area contributed by atoms with Gasteiger partial charge in [0.2, 0.25) is 5.91 Å². The van der Waals surface area contributed by atoms with Crippen LogP contribution in [0.5, 0.6) is 5.75 Å². The number of hydrogen-bond acceptors (Lipinski definition) is 5. The molecule has 2 fully saturated rings. The number of benzene rings is 2. The molecule has 0 aliphatic heterocycles. The molecule has 0 unspecified atom stereocenters. The van der Waals surface area contributed by atoms with E-state index in [4.69, 9.17) is 4.74 Å². The molecule has 0 spiro atoms. The molecular weight excluding hydrogens is 424 g/mol. The fraction of sp³-hybridized carbons (Fsp3) is 0.360. The number of hydrogen-bond donors (Lipinski definition) is 1. The summed E-state index contributed by atoms with van der Waals surface area (Å²) in [6.45, 7) is 1.81. The molecule has 2 aromatic carbocycles. The number of ether oxygens (including phenoxy) is 1. The van der Waals surface area contributed by atoms with Gasteiger partial charge in [0.1, 0.15) is 10.6 Å². The van der Waals surface area contributed by atoms with Crippen LogP contribution in [-0.2, 0) is 20.2 Å². The van der Waals surface area contributed by atoms with Crippen molar-refractivity contribution in [1.29, 1.82) is 0 Å². The lowest BCUT2D eigenvalue weighted by Gasteiger charge is -2.28. The highest BCUT2D eigenvalue weighted by Gasteiger charge is 2.54. The molecule has 1 aromatic heterocycles. The summed E-state index contributed by atoms with van der Waals surface area (Å²) in [5, 5.41) is 0.710. The van der Waals surface area contributed by atoms with Crippen LogP contribution in [0.15, 0.2) is 53.4 Å². The molecule has 32 heavy (non-hydrogen) atoms. The van der Waals surface area contributed by atoms with Crippen molar-refractivity contribution in [3.8, 4) is 5.75 Å². The molecule has 166 valence electrons. The van der Waals surface area contributed by atoms with Gasteiger partial charge >= 0.3 is 0 Å². The molecule has 0 saturated heterocycles. The zero-order valence-corrected chi connectivity index (χ0v) is 19.0. The topological polar surface area (TPSA) is 85.4 Å². The average molecular weight is 451 g/mol. The summed E-state index contributed by atoms with van der Waals surface area (Å²) in [7, 11) is -2.52. The number of aromatic nitrogens is 1. The summed E-state index contributed by atoms with van der Waals surface area (Å²) < 4.78 is 34.4. The number of nitrogens with one attached hydrogen (secondary N) is 1. The van der Waals surface area contributed by atoms with Crippen molar-refractivity contribution < 1.29 is 17.9 Å². The predicted octanol–water partition coefficient (Wildman–Crippen LogP) is 4.36. The van der Waals surface area contributed by atoms with E-state index in [1.165, 1.54) is 18.1 Å². The van der Waals surface area contributed by atoms with Crippen LogP contribution in [0.2, 0.25) is 0 Å². The minimum atomic E-state index is -4.10. The van der Waals surface area contributed by atoms with Crippen LogP contribution in [0.4, 0.5) is 0 Å². The molecule has 6 nitrogen and oxygen atoms in total. The van der Waals surface area contributed by atoms with Gasteiger partial charge in [-0.25, -0.2) is 13.1 Å². The van der Waals surface area contributed by atoms with Crippen LogP contribution in [0.1, 0.15) is 54.8 Å². The fourth-order valence-electron chi connectivity index (χ4n) is 4.55. The molecule has 7 heteroatoms. The van der Waals surface area contributed by atoms with Crippen LogP contribution in [-0.4, -0.2) is 26.4 Å². The molecule has 5 rings (SSSR count). The molecule has 0 atom stereocenters. The Bertz CT molecular complexity index is 1330. The molecule has 2 saturated carbocycles. The second kappa shape index (κ2) is 7.59. The van der Waals surface area contributed by atoms with Gasteiger partial charge in [0.25, 0.3) is 10.0 Å². The van der Waals surface area contributed by atoms with E-state index in [9.17, 15) is 13.2 Å². The Morgan fingerprint density at radius 2 is 1.91 bits per heavy atom. The summed E-state index contributed by atoms with van der Waals surface area (Å²) >= 11 is 0.